The van der Waals surface area contributed by atoms with Crippen LogP contribution in [0.4, 0.5) is 0 Å². The first-order chi connectivity index (χ1) is 11.4. The van der Waals surface area contributed by atoms with E-state index in [-0.39, 0.29) is 0 Å². The SMILES string of the molecule is CCCCC(C(C)C(CC)C(C)C(C)C)C(C)(C)C(C)(CC)C(C)C. The lowest BCUT2D eigenvalue weighted by molar-refractivity contribution is -0.0605. The van der Waals surface area contributed by atoms with E-state index in [1.165, 1.54) is 32.1 Å². The number of hydrogen-bond donors (Lipinski definition) is 0. The summed E-state index contributed by atoms with van der Waals surface area (Å²) in [6.07, 6.45) is 6.70. The molecule has 5 atom stereocenters. The maximum absolute atomic E-state index is 2.60. The van der Waals surface area contributed by atoms with Gasteiger partial charge in [-0.2, -0.15) is 0 Å². The predicted octanol–water partition coefficient (Wildman–Crippen LogP) is 8.85. The molecule has 0 nitrogen and oxygen atoms in total. The van der Waals surface area contributed by atoms with Crippen LogP contribution in [-0.2, 0) is 0 Å². The quantitative estimate of drug-likeness (QED) is 0.329. The van der Waals surface area contributed by atoms with Crippen LogP contribution in [0.15, 0.2) is 0 Å². The van der Waals surface area contributed by atoms with Crippen molar-refractivity contribution in [2.45, 2.75) is 115 Å². The fourth-order valence-corrected chi connectivity index (χ4v) is 5.75. The van der Waals surface area contributed by atoms with Gasteiger partial charge in [0, 0.05) is 0 Å². The highest BCUT2D eigenvalue weighted by molar-refractivity contribution is 4.97. The molecule has 0 aliphatic rings. The van der Waals surface area contributed by atoms with Crippen molar-refractivity contribution in [3.8, 4) is 0 Å². The third kappa shape index (κ3) is 5.49. The van der Waals surface area contributed by atoms with Gasteiger partial charge < -0.3 is 0 Å². The highest BCUT2D eigenvalue weighted by Crippen LogP contribution is 2.56. The van der Waals surface area contributed by atoms with Gasteiger partial charge in [-0.15, -0.1) is 0 Å². The molecule has 0 aromatic heterocycles. The third-order valence-electron chi connectivity index (χ3n) is 8.78. The Morgan fingerprint density at radius 2 is 1.28 bits per heavy atom. The minimum atomic E-state index is 0.370. The Morgan fingerprint density at radius 3 is 1.60 bits per heavy atom. The molecular formula is C25H52. The Labute approximate surface area is 161 Å². The smallest absolute Gasteiger partial charge is 0.0251 e. The third-order valence-corrected chi connectivity index (χ3v) is 8.78. The summed E-state index contributed by atoms with van der Waals surface area (Å²) in [6.45, 7) is 29.8. The molecule has 0 aromatic carbocycles. The Morgan fingerprint density at radius 1 is 0.760 bits per heavy atom. The van der Waals surface area contributed by atoms with Crippen molar-refractivity contribution in [1.29, 1.82) is 0 Å². The predicted molar refractivity (Wildman–Crippen MR) is 117 cm³/mol. The van der Waals surface area contributed by atoms with Crippen molar-refractivity contribution in [2.24, 2.45) is 46.3 Å². The molecule has 0 heterocycles. The Kier molecular flexibility index (Phi) is 10.4. The van der Waals surface area contributed by atoms with Gasteiger partial charge in [0.25, 0.3) is 0 Å². The van der Waals surface area contributed by atoms with Gasteiger partial charge >= 0.3 is 0 Å². The zero-order valence-corrected chi connectivity index (χ0v) is 20.0. The van der Waals surface area contributed by atoms with Crippen molar-refractivity contribution in [1.82, 2.24) is 0 Å². The molecule has 152 valence electrons. The summed E-state index contributed by atoms with van der Waals surface area (Å²) in [7, 11) is 0. The minimum Gasteiger partial charge on any atom is -0.0654 e. The van der Waals surface area contributed by atoms with Crippen molar-refractivity contribution in [2.75, 3.05) is 0 Å². The van der Waals surface area contributed by atoms with E-state index in [9.17, 15) is 0 Å². The van der Waals surface area contributed by atoms with Crippen LogP contribution >= 0.6 is 0 Å². The molecule has 0 aromatic rings. The molecule has 0 radical (unpaired) electrons. The van der Waals surface area contributed by atoms with Gasteiger partial charge in [0.1, 0.15) is 0 Å². The van der Waals surface area contributed by atoms with Crippen molar-refractivity contribution in [3.63, 3.8) is 0 Å². The van der Waals surface area contributed by atoms with E-state index in [0.717, 1.165) is 35.5 Å². The van der Waals surface area contributed by atoms with Gasteiger partial charge in [-0.25, -0.2) is 0 Å². The molecule has 5 unspecified atom stereocenters. The van der Waals surface area contributed by atoms with Gasteiger partial charge in [0.05, 0.1) is 0 Å². The molecule has 0 N–H and O–H groups in total. The second-order valence-corrected chi connectivity index (χ2v) is 10.4. The van der Waals surface area contributed by atoms with Gasteiger partial charge in [-0.1, -0.05) is 102 Å². The van der Waals surface area contributed by atoms with E-state index in [0.29, 0.717) is 10.8 Å². The zero-order chi connectivity index (χ0) is 20.0. The maximum atomic E-state index is 2.60. The largest absolute Gasteiger partial charge is 0.0654 e. The molecule has 0 aliphatic carbocycles. The van der Waals surface area contributed by atoms with Crippen molar-refractivity contribution in [3.05, 3.63) is 0 Å². The first-order valence-corrected chi connectivity index (χ1v) is 11.4. The van der Waals surface area contributed by atoms with Crippen LogP contribution in [-0.4, -0.2) is 0 Å². The van der Waals surface area contributed by atoms with E-state index in [1.54, 1.807) is 0 Å². The van der Waals surface area contributed by atoms with Crippen LogP contribution in [0.2, 0.25) is 0 Å². The van der Waals surface area contributed by atoms with Crippen molar-refractivity contribution < 1.29 is 0 Å². The first-order valence-electron chi connectivity index (χ1n) is 11.4. The monoisotopic (exact) mass is 352 g/mol. The molecule has 0 saturated carbocycles. The molecule has 0 fully saturated rings. The highest BCUT2D eigenvalue weighted by atomic mass is 14.5. The number of rotatable bonds is 12. The highest BCUT2D eigenvalue weighted by Gasteiger charge is 2.49. The van der Waals surface area contributed by atoms with Gasteiger partial charge in [-0.05, 0) is 59.2 Å². The Balaban J connectivity index is 5.89. The normalized spacial score (nSPS) is 20.4. The Hall–Kier alpha value is 0. The van der Waals surface area contributed by atoms with Crippen LogP contribution in [0, 0.1) is 46.3 Å². The van der Waals surface area contributed by atoms with Crippen LogP contribution in [0.5, 0.6) is 0 Å². The molecule has 0 rings (SSSR count). The molecule has 0 heteroatoms. The molecule has 0 aliphatic heterocycles. The minimum absolute atomic E-state index is 0.370. The second-order valence-electron chi connectivity index (χ2n) is 10.4. The molecule has 0 saturated heterocycles. The molecule has 0 bridgehead atoms. The van der Waals surface area contributed by atoms with Gasteiger partial charge in [0.2, 0.25) is 0 Å². The lowest BCUT2D eigenvalue weighted by Crippen LogP contribution is -2.48. The van der Waals surface area contributed by atoms with Crippen LogP contribution in [0.1, 0.15) is 115 Å². The summed E-state index contributed by atoms with van der Waals surface area (Å²) in [5.41, 5.74) is 0.771. The topological polar surface area (TPSA) is 0 Å². The summed E-state index contributed by atoms with van der Waals surface area (Å²) in [5, 5.41) is 0. The zero-order valence-electron chi connectivity index (χ0n) is 20.0. The molecule has 0 amide bonds. The first kappa shape index (κ1) is 25.0. The van der Waals surface area contributed by atoms with E-state index in [4.69, 9.17) is 0 Å². The fraction of sp³-hybridized carbons (Fsp3) is 1.00. The number of hydrogen-bond acceptors (Lipinski definition) is 0. The lowest BCUT2D eigenvalue weighted by atomic mass is 9.50. The van der Waals surface area contributed by atoms with Crippen LogP contribution in [0.3, 0.4) is 0 Å². The van der Waals surface area contributed by atoms with E-state index < -0.39 is 0 Å². The van der Waals surface area contributed by atoms with Crippen LogP contribution < -0.4 is 0 Å². The molecule has 25 heavy (non-hydrogen) atoms. The second kappa shape index (κ2) is 10.4. The maximum Gasteiger partial charge on any atom is -0.0251 e. The summed E-state index contributed by atoms with van der Waals surface area (Å²) < 4.78 is 0. The average Bonchev–Trinajstić information content (AvgIpc) is 2.54. The summed E-state index contributed by atoms with van der Waals surface area (Å²) in [6, 6.07) is 0. The summed E-state index contributed by atoms with van der Waals surface area (Å²) in [4.78, 5) is 0. The summed E-state index contributed by atoms with van der Waals surface area (Å²) >= 11 is 0. The lowest BCUT2D eigenvalue weighted by Gasteiger charge is -2.55. The summed E-state index contributed by atoms with van der Waals surface area (Å²) in [5.74, 6) is 4.78. The Bertz CT molecular complexity index is 351. The number of unbranched alkanes of at least 4 members (excludes halogenated alkanes) is 1. The average molecular weight is 353 g/mol. The molecular weight excluding hydrogens is 300 g/mol. The molecule has 0 spiro atoms. The van der Waals surface area contributed by atoms with Crippen molar-refractivity contribution >= 4 is 0 Å². The van der Waals surface area contributed by atoms with Gasteiger partial charge in [-0.3, -0.25) is 0 Å². The van der Waals surface area contributed by atoms with Gasteiger partial charge in [0.15, 0.2) is 0 Å². The van der Waals surface area contributed by atoms with E-state index >= 15 is 0 Å². The van der Waals surface area contributed by atoms with Crippen LogP contribution in [0.25, 0.3) is 0 Å². The van der Waals surface area contributed by atoms with E-state index in [1.807, 2.05) is 0 Å². The standard InChI is InChI=1S/C25H52/c1-13-16-17-23(21(9)22(14-2)20(8)18(4)5)24(10,11)25(12,15-3)19(6)7/h18-23H,13-17H2,1-12H3. The van der Waals surface area contributed by atoms with E-state index in [2.05, 4.69) is 83.1 Å². The fourth-order valence-electron chi connectivity index (χ4n) is 5.75.